The molecule has 0 aromatic carbocycles. The van der Waals surface area contributed by atoms with Gasteiger partial charge < -0.3 is 24.7 Å². The van der Waals surface area contributed by atoms with Crippen molar-refractivity contribution in [2.45, 2.75) is 90.9 Å². The fourth-order valence-corrected chi connectivity index (χ4v) is 3.41. The zero-order valence-corrected chi connectivity index (χ0v) is 21.2. The molecule has 0 saturated heterocycles. The van der Waals surface area contributed by atoms with E-state index in [2.05, 4.69) is 28.8 Å². The number of ether oxygens (including phenoxy) is 4. The van der Waals surface area contributed by atoms with Gasteiger partial charge >= 0.3 is 11.9 Å². The summed E-state index contributed by atoms with van der Waals surface area (Å²) in [5.74, 6) is -0.281. The fraction of sp³-hybridized carbons (Fsp3) is 0.708. The van der Waals surface area contributed by atoms with Crippen molar-refractivity contribution in [1.29, 1.82) is 0 Å². The quantitative estimate of drug-likeness (QED) is 0.241. The van der Waals surface area contributed by atoms with E-state index in [1.807, 2.05) is 0 Å². The molecule has 2 N–H and O–H groups in total. The summed E-state index contributed by atoms with van der Waals surface area (Å²) in [4.78, 5) is 36.7. The van der Waals surface area contributed by atoms with Crippen LogP contribution in [0.3, 0.4) is 0 Å². The average molecular weight is 494 g/mol. The molecule has 11 nitrogen and oxygen atoms in total. The van der Waals surface area contributed by atoms with Crippen LogP contribution in [0.25, 0.3) is 11.2 Å². The molecule has 0 saturated carbocycles. The van der Waals surface area contributed by atoms with Gasteiger partial charge in [-0.3, -0.25) is 14.2 Å². The number of aromatic nitrogens is 4. The number of esters is 2. The lowest BCUT2D eigenvalue weighted by Gasteiger charge is -2.18. The van der Waals surface area contributed by atoms with Crippen LogP contribution in [0.4, 0.5) is 5.95 Å². The van der Waals surface area contributed by atoms with Gasteiger partial charge in [-0.1, -0.05) is 52.4 Å². The van der Waals surface area contributed by atoms with Crippen LogP contribution in [0.15, 0.2) is 6.33 Å². The highest BCUT2D eigenvalue weighted by Gasteiger charge is 2.18. The normalized spacial score (nSPS) is 11.2. The number of rotatable bonds is 18. The van der Waals surface area contributed by atoms with Crippen molar-refractivity contribution in [3.05, 3.63) is 6.33 Å². The molecule has 2 aromatic heterocycles. The molecule has 0 aliphatic heterocycles. The molecule has 35 heavy (non-hydrogen) atoms. The number of imidazole rings is 1. The minimum Gasteiger partial charge on any atom is -0.479 e. The minimum absolute atomic E-state index is 0.0250. The van der Waals surface area contributed by atoms with Crippen molar-refractivity contribution in [2.24, 2.45) is 0 Å². The van der Waals surface area contributed by atoms with Crippen LogP contribution in [0.2, 0.25) is 0 Å². The Balaban J connectivity index is 1.95. The maximum absolute atomic E-state index is 12.1. The van der Waals surface area contributed by atoms with Gasteiger partial charge in [0.25, 0.3) is 0 Å². The Kier molecular flexibility index (Phi) is 12.8. The van der Waals surface area contributed by atoms with Gasteiger partial charge in [-0.2, -0.15) is 9.97 Å². The number of nitrogens with two attached hydrogens (primary N) is 1. The van der Waals surface area contributed by atoms with Crippen molar-refractivity contribution >= 4 is 29.1 Å². The van der Waals surface area contributed by atoms with Crippen molar-refractivity contribution in [2.75, 3.05) is 26.1 Å². The Morgan fingerprint density at radius 2 is 1.54 bits per heavy atom. The van der Waals surface area contributed by atoms with Crippen LogP contribution in [0.1, 0.15) is 78.1 Å². The second kappa shape index (κ2) is 15.9. The molecule has 196 valence electrons. The van der Waals surface area contributed by atoms with Gasteiger partial charge in [0.1, 0.15) is 26.0 Å². The van der Waals surface area contributed by atoms with E-state index in [9.17, 15) is 9.59 Å². The van der Waals surface area contributed by atoms with Crippen LogP contribution < -0.4 is 10.5 Å². The summed E-state index contributed by atoms with van der Waals surface area (Å²) in [5.41, 5.74) is 6.65. The number of nitrogen functional groups attached to an aromatic ring is 1. The molecule has 2 heterocycles. The summed E-state index contributed by atoms with van der Waals surface area (Å²) in [5, 5.41) is 0. The van der Waals surface area contributed by atoms with Gasteiger partial charge in [0.15, 0.2) is 11.2 Å². The number of nitrogens with zero attached hydrogens (tertiary/aromatic N) is 4. The third-order valence-corrected chi connectivity index (χ3v) is 5.42. The fourth-order valence-electron chi connectivity index (χ4n) is 3.41. The van der Waals surface area contributed by atoms with Crippen LogP contribution >= 0.6 is 0 Å². The largest absolute Gasteiger partial charge is 0.479 e. The SMILES string of the molecule is CCCCCCC(=O)OCC(COC(=O)CCCCCC)OCn1cnc2c(OC)nc(N)nc21. The first-order chi connectivity index (χ1) is 17.0. The molecule has 0 unspecified atom stereocenters. The molecule has 0 amide bonds. The molecule has 0 fully saturated rings. The number of carbonyl (C=O) groups excluding carboxylic acids is 2. The van der Waals surface area contributed by atoms with Crippen molar-refractivity contribution in [3.8, 4) is 5.88 Å². The summed E-state index contributed by atoms with van der Waals surface area (Å²) in [7, 11) is 1.47. The first-order valence-electron chi connectivity index (χ1n) is 12.4. The zero-order valence-electron chi connectivity index (χ0n) is 21.2. The van der Waals surface area contributed by atoms with Gasteiger partial charge in [-0.25, -0.2) is 4.98 Å². The number of methoxy groups -OCH3 is 1. The standard InChI is InChI=1S/C24H39N5O6/c1-4-6-8-10-12-19(30)33-14-18(15-34-20(31)13-11-9-7-5-2)35-17-29-16-26-21-22(29)27-24(25)28-23(21)32-3/h16,18H,4-15,17H2,1-3H3,(H2,25,27,28). The van der Waals surface area contributed by atoms with E-state index >= 15 is 0 Å². The highest BCUT2D eigenvalue weighted by atomic mass is 16.6. The van der Waals surface area contributed by atoms with Crippen LogP contribution in [-0.4, -0.2) is 57.9 Å². The Bertz CT molecular complexity index is 891. The molecule has 0 radical (unpaired) electrons. The zero-order chi connectivity index (χ0) is 25.5. The van der Waals surface area contributed by atoms with Crippen molar-refractivity contribution in [1.82, 2.24) is 19.5 Å². The lowest BCUT2D eigenvalue weighted by Crippen LogP contribution is -2.29. The summed E-state index contributed by atoms with van der Waals surface area (Å²) in [6.45, 7) is 4.21. The predicted octanol–water partition coefficient (Wildman–Crippen LogP) is 3.79. The number of hydrogen-bond donors (Lipinski definition) is 1. The van der Waals surface area contributed by atoms with Gasteiger partial charge in [0.05, 0.1) is 13.4 Å². The maximum atomic E-state index is 12.1. The van der Waals surface area contributed by atoms with Crippen LogP contribution in [0.5, 0.6) is 5.88 Å². The Morgan fingerprint density at radius 1 is 0.943 bits per heavy atom. The lowest BCUT2D eigenvalue weighted by molar-refractivity contribution is -0.157. The van der Waals surface area contributed by atoms with E-state index in [-0.39, 0.29) is 43.7 Å². The van der Waals surface area contributed by atoms with Gasteiger partial charge in [0, 0.05) is 12.8 Å². The summed E-state index contributed by atoms with van der Waals surface area (Å²) >= 11 is 0. The summed E-state index contributed by atoms with van der Waals surface area (Å²) < 4.78 is 23.6. The van der Waals surface area contributed by atoms with E-state index < -0.39 is 6.10 Å². The van der Waals surface area contributed by atoms with Gasteiger partial charge in [0.2, 0.25) is 11.8 Å². The molecular weight excluding hydrogens is 454 g/mol. The first kappa shape index (κ1) is 28.3. The third-order valence-electron chi connectivity index (χ3n) is 5.42. The Labute approximate surface area is 206 Å². The number of unbranched alkanes of at least 4 members (excludes halogenated alkanes) is 6. The van der Waals surface area contributed by atoms with Crippen LogP contribution in [0, 0.1) is 0 Å². The maximum Gasteiger partial charge on any atom is 0.305 e. The third kappa shape index (κ3) is 10.1. The van der Waals surface area contributed by atoms with E-state index in [4.69, 9.17) is 24.7 Å². The monoisotopic (exact) mass is 493 g/mol. The van der Waals surface area contributed by atoms with E-state index in [1.165, 1.54) is 13.4 Å². The van der Waals surface area contributed by atoms with E-state index in [0.29, 0.717) is 24.0 Å². The number of hydrogen-bond acceptors (Lipinski definition) is 10. The predicted molar refractivity (Wildman–Crippen MR) is 131 cm³/mol. The van der Waals surface area contributed by atoms with E-state index in [1.54, 1.807) is 4.57 Å². The van der Waals surface area contributed by atoms with Crippen molar-refractivity contribution < 1.29 is 28.5 Å². The lowest BCUT2D eigenvalue weighted by atomic mass is 10.1. The summed E-state index contributed by atoms with van der Waals surface area (Å²) in [6.07, 6.45) is 9.51. The molecule has 0 aliphatic rings. The number of carbonyl (C=O) groups is 2. The molecule has 2 aromatic rings. The Hall–Kier alpha value is -2.95. The van der Waals surface area contributed by atoms with E-state index in [0.717, 1.165) is 51.4 Å². The molecule has 0 aliphatic carbocycles. The summed E-state index contributed by atoms with van der Waals surface area (Å²) in [6, 6.07) is 0. The average Bonchev–Trinajstić information content (AvgIpc) is 3.26. The minimum atomic E-state index is -0.646. The second-order valence-electron chi connectivity index (χ2n) is 8.38. The van der Waals surface area contributed by atoms with Crippen molar-refractivity contribution in [3.63, 3.8) is 0 Å². The first-order valence-corrected chi connectivity index (χ1v) is 12.4. The smallest absolute Gasteiger partial charge is 0.305 e. The highest BCUT2D eigenvalue weighted by molar-refractivity contribution is 5.77. The Morgan fingerprint density at radius 3 is 2.09 bits per heavy atom. The molecule has 11 heteroatoms. The topological polar surface area (TPSA) is 141 Å². The molecular formula is C24H39N5O6. The molecule has 0 bridgehead atoms. The van der Waals surface area contributed by atoms with Crippen LogP contribution in [-0.2, 0) is 30.5 Å². The molecule has 0 spiro atoms. The number of anilines is 1. The molecule has 2 rings (SSSR count). The molecule has 0 atom stereocenters. The van der Waals surface area contributed by atoms with Gasteiger partial charge in [-0.15, -0.1) is 0 Å². The highest BCUT2D eigenvalue weighted by Crippen LogP contribution is 2.21. The second-order valence-corrected chi connectivity index (χ2v) is 8.38. The number of fused-ring (bicyclic) bond motifs is 1. The van der Waals surface area contributed by atoms with Gasteiger partial charge in [-0.05, 0) is 12.8 Å².